The Hall–Kier alpha value is -3.56. The molecule has 27 heavy (non-hydrogen) atoms. The quantitative estimate of drug-likeness (QED) is 0.579. The second-order valence-electron chi connectivity index (χ2n) is 5.82. The van der Waals surface area contributed by atoms with E-state index in [0.717, 1.165) is 4.90 Å². The number of halogens is 1. The maximum Gasteiger partial charge on any atom is 0.288 e. The topological polar surface area (TPSA) is 113 Å². The van der Waals surface area contributed by atoms with E-state index in [1.807, 2.05) is 0 Å². The lowest BCUT2D eigenvalue weighted by Crippen LogP contribution is -2.43. The summed E-state index contributed by atoms with van der Waals surface area (Å²) in [6.45, 7) is -0.0348. The van der Waals surface area contributed by atoms with E-state index in [-0.39, 0.29) is 43.3 Å². The van der Waals surface area contributed by atoms with Crippen LogP contribution < -0.4 is 10.9 Å². The highest BCUT2D eigenvalue weighted by atomic mass is 19.1. The maximum absolute atomic E-state index is 13.0. The third-order valence-electron chi connectivity index (χ3n) is 4.01. The van der Waals surface area contributed by atoms with Crippen LogP contribution in [-0.4, -0.2) is 44.6 Å². The van der Waals surface area contributed by atoms with Crippen LogP contribution in [0.5, 0.6) is 0 Å². The van der Waals surface area contributed by atoms with E-state index < -0.39 is 17.6 Å². The van der Waals surface area contributed by atoms with Crippen molar-refractivity contribution in [3.63, 3.8) is 0 Å². The number of imidazole rings is 1. The lowest BCUT2D eigenvalue weighted by Gasteiger charge is -2.14. The minimum absolute atomic E-state index is 0.0348. The Labute approximate surface area is 153 Å². The van der Waals surface area contributed by atoms with Crippen LogP contribution in [0.2, 0.25) is 0 Å². The zero-order chi connectivity index (χ0) is 19.4. The first kappa shape index (κ1) is 18.2. The number of carbonyl (C=O) groups is 4. The second kappa shape index (κ2) is 7.77. The molecule has 1 aromatic carbocycles. The Balaban J connectivity index is 1.55. The van der Waals surface area contributed by atoms with Gasteiger partial charge in [-0.2, -0.15) is 0 Å². The molecule has 1 aromatic heterocycles. The van der Waals surface area contributed by atoms with E-state index in [2.05, 4.69) is 15.8 Å². The summed E-state index contributed by atoms with van der Waals surface area (Å²) in [5, 5.41) is 0. The highest BCUT2D eigenvalue weighted by Gasteiger charge is 2.28. The van der Waals surface area contributed by atoms with Crippen LogP contribution in [0.3, 0.4) is 0 Å². The number of benzene rings is 1. The van der Waals surface area contributed by atoms with Crippen molar-refractivity contribution in [3.05, 3.63) is 48.3 Å². The first-order valence-electron chi connectivity index (χ1n) is 8.16. The fraction of sp³-hybridized carbons (Fsp3) is 0.235. The van der Waals surface area contributed by atoms with E-state index in [1.54, 1.807) is 0 Å². The normalized spacial score (nSPS) is 13.7. The third kappa shape index (κ3) is 4.17. The summed E-state index contributed by atoms with van der Waals surface area (Å²) in [4.78, 5) is 52.0. The minimum atomic E-state index is -0.626. The van der Waals surface area contributed by atoms with Crippen LogP contribution in [0, 0.1) is 5.82 Å². The van der Waals surface area contributed by atoms with Crippen molar-refractivity contribution in [2.24, 2.45) is 0 Å². The van der Waals surface area contributed by atoms with Gasteiger partial charge in [0.25, 0.3) is 5.91 Å². The van der Waals surface area contributed by atoms with Gasteiger partial charge in [0.1, 0.15) is 11.5 Å². The van der Waals surface area contributed by atoms with Crippen LogP contribution in [-0.2, 0) is 14.4 Å². The molecule has 2 aromatic rings. The van der Waals surface area contributed by atoms with Gasteiger partial charge in [-0.15, -0.1) is 0 Å². The molecule has 0 spiro atoms. The van der Waals surface area contributed by atoms with Crippen molar-refractivity contribution in [2.45, 2.75) is 19.3 Å². The molecule has 3 rings (SSSR count). The van der Waals surface area contributed by atoms with E-state index in [0.29, 0.717) is 5.69 Å². The summed E-state index contributed by atoms with van der Waals surface area (Å²) in [5.74, 6) is -2.20. The lowest BCUT2D eigenvalue weighted by atomic mass is 10.3. The third-order valence-corrected chi connectivity index (χ3v) is 4.01. The molecular formula is C17H16FN5O4. The first-order valence-corrected chi connectivity index (χ1v) is 8.16. The van der Waals surface area contributed by atoms with E-state index in [1.165, 1.54) is 41.4 Å². The molecule has 1 fully saturated rings. The molecule has 2 heterocycles. The molecule has 0 bridgehead atoms. The zero-order valence-corrected chi connectivity index (χ0v) is 14.1. The van der Waals surface area contributed by atoms with E-state index >= 15 is 0 Å². The smallest absolute Gasteiger partial charge is 0.288 e. The molecule has 1 aliphatic rings. The number of likely N-dealkylation sites (tertiary alicyclic amines) is 1. The van der Waals surface area contributed by atoms with Gasteiger partial charge < -0.3 is 0 Å². The predicted molar refractivity (Wildman–Crippen MR) is 89.7 cm³/mol. The van der Waals surface area contributed by atoms with Crippen LogP contribution in [0.1, 0.15) is 29.8 Å². The summed E-state index contributed by atoms with van der Waals surface area (Å²) >= 11 is 0. The second-order valence-corrected chi connectivity index (χ2v) is 5.82. The van der Waals surface area contributed by atoms with Gasteiger partial charge in [0.05, 0.1) is 12.5 Å². The molecule has 1 saturated heterocycles. The Kier molecular flexibility index (Phi) is 5.25. The van der Waals surface area contributed by atoms with Gasteiger partial charge in [-0.3, -0.25) is 39.5 Å². The number of hydrogen-bond donors (Lipinski definition) is 2. The number of aromatic nitrogens is 2. The summed E-state index contributed by atoms with van der Waals surface area (Å²) in [7, 11) is 0. The number of hydrazine groups is 1. The predicted octanol–water partition coefficient (Wildman–Crippen LogP) is 0.312. The van der Waals surface area contributed by atoms with Crippen LogP contribution in [0.25, 0.3) is 5.69 Å². The lowest BCUT2D eigenvalue weighted by molar-refractivity contribution is -0.138. The van der Waals surface area contributed by atoms with Crippen LogP contribution >= 0.6 is 0 Å². The average molecular weight is 373 g/mol. The number of nitrogens with one attached hydrogen (secondary N) is 2. The number of rotatable bonds is 5. The standard InChI is InChI=1S/C17H16FN5O4/c18-11-1-3-12(4-2-11)23-10-19-9-13(23)17(27)21-20-14(24)7-8-22-15(25)5-6-16(22)26/h1-4,9-10H,5-8H2,(H,20,24)(H,21,27). The van der Waals surface area contributed by atoms with Gasteiger partial charge in [-0.25, -0.2) is 9.37 Å². The molecule has 1 aliphatic heterocycles. The summed E-state index contributed by atoms with van der Waals surface area (Å²) in [6.07, 6.45) is 2.87. The fourth-order valence-electron chi connectivity index (χ4n) is 2.61. The molecule has 0 atom stereocenters. The highest BCUT2D eigenvalue weighted by Crippen LogP contribution is 2.13. The Bertz CT molecular complexity index is 877. The monoisotopic (exact) mass is 373 g/mol. The molecule has 2 N–H and O–H groups in total. The van der Waals surface area contributed by atoms with E-state index in [4.69, 9.17) is 0 Å². The number of amides is 4. The minimum Gasteiger partial charge on any atom is -0.295 e. The van der Waals surface area contributed by atoms with Crippen molar-refractivity contribution in [1.82, 2.24) is 25.3 Å². The highest BCUT2D eigenvalue weighted by molar-refractivity contribution is 6.02. The number of carbonyl (C=O) groups excluding carboxylic acids is 4. The molecule has 9 nitrogen and oxygen atoms in total. The molecule has 4 amide bonds. The van der Waals surface area contributed by atoms with Gasteiger partial charge in [0, 0.05) is 31.5 Å². The van der Waals surface area contributed by atoms with Crippen molar-refractivity contribution < 1.29 is 23.6 Å². The van der Waals surface area contributed by atoms with Crippen molar-refractivity contribution in [2.75, 3.05) is 6.54 Å². The summed E-state index contributed by atoms with van der Waals surface area (Å²) < 4.78 is 14.5. The van der Waals surface area contributed by atoms with E-state index in [9.17, 15) is 23.6 Å². The first-order chi connectivity index (χ1) is 13.0. The molecule has 140 valence electrons. The molecule has 0 aliphatic carbocycles. The van der Waals surface area contributed by atoms with Gasteiger partial charge in [-0.05, 0) is 24.3 Å². The Morgan fingerprint density at radius 2 is 1.74 bits per heavy atom. The fourth-order valence-corrected chi connectivity index (χ4v) is 2.61. The van der Waals surface area contributed by atoms with Crippen molar-refractivity contribution in [3.8, 4) is 5.69 Å². The summed E-state index contributed by atoms with van der Waals surface area (Å²) in [6, 6.07) is 5.46. The Morgan fingerprint density at radius 3 is 2.41 bits per heavy atom. The van der Waals surface area contributed by atoms with Gasteiger partial charge in [0.2, 0.25) is 17.7 Å². The molecule has 0 saturated carbocycles. The largest absolute Gasteiger partial charge is 0.295 e. The van der Waals surface area contributed by atoms with Crippen molar-refractivity contribution >= 4 is 23.6 Å². The summed E-state index contributed by atoms with van der Waals surface area (Å²) in [5.41, 5.74) is 5.12. The van der Waals surface area contributed by atoms with Crippen molar-refractivity contribution in [1.29, 1.82) is 0 Å². The number of imide groups is 1. The van der Waals surface area contributed by atoms with Gasteiger partial charge in [0.15, 0.2) is 0 Å². The van der Waals surface area contributed by atoms with Gasteiger partial charge >= 0.3 is 0 Å². The van der Waals surface area contributed by atoms with Crippen LogP contribution in [0.4, 0.5) is 4.39 Å². The molecule has 0 radical (unpaired) electrons. The van der Waals surface area contributed by atoms with Gasteiger partial charge in [-0.1, -0.05) is 0 Å². The van der Waals surface area contributed by atoms with Crippen LogP contribution in [0.15, 0.2) is 36.8 Å². The SMILES string of the molecule is O=C(CCN1C(=O)CCC1=O)NNC(=O)c1cncn1-c1ccc(F)cc1. The molecular weight excluding hydrogens is 357 g/mol. The number of nitrogens with zero attached hydrogens (tertiary/aromatic N) is 3. The molecule has 10 heteroatoms. The Morgan fingerprint density at radius 1 is 1.07 bits per heavy atom. The zero-order valence-electron chi connectivity index (χ0n) is 14.1. The average Bonchev–Trinajstić information content (AvgIpc) is 3.26. The molecule has 0 unspecified atom stereocenters. The maximum atomic E-state index is 13.0. The number of hydrogen-bond acceptors (Lipinski definition) is 5.